The second-order valence-corrected chi connectivity index (χ2v) is 1.57. The maximum Gasteiger partial charge on any atom is 0.258 e. The molecule has 0 fully saturated rings. The Morgan fingerprint density at radius 3 is 3.00 bits per heavy atom. The number of amides is 1. The van der Waals surface area contributed by atoms with E-state index in [1.165, 1.54) is 11.3 Å². The van der Waals surface area contributed by atoms with Crippen molar-refractivity contribution in [2.75, 3.05) is 7.05 Å². The van der Waals surface area contributed by atoms with Crippen molar-refractivity contribution in [3.63, 3.8) is 0 Å². The molecule has 0 saturated carbocycles. The van der Waals surface area contributed by atoms with Crippen LogP contribution in [0.3, 0.4) is 0 Å². The lowest BCUT2D eigenvalue weighted by molar-refractivity contribution is -0.163. The van der Waals surface area contributed by atoms with Gasteiger partial charge in [-0.1, -0.05) is 0 Å². The lowest BCUT2D eigenvalue weighted by Crippen LogP contribution is -2.26. The Hall–Kier alpha value is -0.990. The first kappa shape index (κ1) is 5.15. The Balaban J connectivity index is 2.57. The third-order valence-corrected chi connectivity index (χ3v) is 0.959. The van der Waals surface area contributed by atoms with E-state index in [1.54, 1.807) is 13.1 Å². The summed E-state index contributed by atoms with van der Waals surface area (Å²) in [5, 5.41) is 1.21. The van der Waals surface area contributed by atoms with Gasteiger partial charge in [-0.05, 0) is 6.08 Å². The molecular formula is C5H7NO2. The predicted octanol–water partition coefficient (Wildman–Crippen LogP) is 0.294. The second-order valence-electron chi connectivity index (χ2n) is 1.57. The van der Waals surface area contributed by atoms with Crippen molar-refractivity contribution in [3.05, 3.63) is 12.3 Å². The Labute approximate surface area is 47.5 Å². The fourth-order valence-electron chi connectivity index (χ4n) is 0.471. The van der Waals surface area contributed by atoms with Crippen molar-refractivity contribution < 1.29 is 9.63 Å². The van der Waals surface area contributed by atoms with Crippen LogP contribution in [0.5, 0.6) is 0 Å². The van der Waals surface area contributed by atoms with Gasteiger partial charge in [-0.25, -0.2) is 0 Å². The molecule has 0 radical (unpaired) electrons. The fourth-order valence-corrected chi connectivity index (χ4v) is 0.471. The number of carbonyl (C=O) groups excluding carboxylic acids is 1. The number of hydroxylamine groups is 2. The van der Waals surface area contributed by atoms with Gasteiger partial charge in [-0.3, -0.25) is 4.79 Å². The van der Waals surface area contributed by atoms with Crippen molar-refractivity contribution in [1.82, 2.24) is 5.06 Å². The van der Waals surface area contributed by atoms with E-state index in [-0.39, 0.29) is 5.91 Å². The minimum Gasteiger partial charge on any atom is -0.385 e. The molecule has 1 aliphatic rings. The van der Waals surface area contributed by atoms with E-state index in [4.69, 9.17) is 4.84 Å². The highest BCUT2D eigenvalue weighted by molar-refractivity contribution is 5.76. The zero-order valence-corrected chi connectivity index (χ0v) is 4.63. The number of hydrogen-bond acceptors (Lipinski definition) is 2. The molecule has 1 aliphatic heterocycles. The molecule has 0 aromatic carbocycles. The summed E-state index contributed by atoms with van der Waals surface area (Å²) in [5.41, 5.74) is 0. The van der Waals surface area contributed by atoms with E-state index in [1.807, 2.05) is 0 Å². The van der Waals surface area contributed by atoms with Crippen LogP contribution in [0.1, 0.15) is 6.42 Å². The average Bonchev–Trinajstić information content (AvgIpc) is 1.77. The molecule has 0 aromatic heterocycles. The van der Waals surface area contributed by atoms with Crippen molar-refractivity contribution in [1.29, 1.82) is 0 Å². The summed E-state index contributed by atoms with van der Waals surface area (Å²) < 4.78 is 0. The minimum absolute atomic E-state index is 0.00694. The second kappa shape index (κ2) is 1.86. The molecule has 8 heavy (non-hydrogen) atoms. The van der Waals surface area contributed by atoms with E-state index in [9.17, 15) is 4.79 Å². The Kier molecular flexibility index (Phi) is 1.20. The van der Waals surface area contributed by atoms with Crippen molar-refractivity contribution in [2.45, 2.75) is 6.42 Å². The molecule has 0 unspecified atom stereocenters. The molecule has 0 atom stereocenters. The van der Waals surface area contributed by atoms with Crippen LogP contribution in [0.2, 0.25) is 0 Å². The van der Waals surface area contributed by atoms with Gasteiger partial charge in [0.05, 0.1) is 6.42 Å². The van der Waals surface area contributed by atoms with Crippen LogP contribution in [0.25, 0.3) is 0 Å². The highest BCUT2D eigenvalue weighted by Gasteiger charge is 2.08. The summed E-state index contributed by atoms with van der Waals surface area (Å²) in [5.74, 6) is -0.00694. The van der Waals surface area contributed by atoms with Gasteiger partial charge in [0, 0.05) is 7.05 Å². The van der Waals surface area contributed by atoms with Gasteiger partial charge in [0.25, 0.3) is 5.91 Å². The fraction of sp³-hybridized carbons (Fsp3) is 0.400. The predicted molar refractivity (Wildman–Crippen MR) is 27.6 cm³/mol. The lowest BCUT2D eigenvalue weighted by atomic mass is 10.4. The normalized spacial score (nSPS) is 18.6. The van der Waals surface area contributed by atoms with E-state index < -0.39 is 0 Å². The Morgan fingerprint density at radius 1 is 1.88 bits per heavy atom. The zero-order valence-electron chi connectivity index (χ0n) is 4.63. The molecule has 1 rings (SSSR count). The Morgan fingerprint density at radius 2 is 2.62 bits per heavy atom. The van der Waals surface area contributed by atoms with Crippen LogP contribution in [-0.2, 0) is 9.63 Å². The average molecular weight is 113 g/mol. The molecule has 44 valence electrons. The van der Waals surface area contributed by atoms with E-state index in [0.29, 0.717) is 6.42 Å². The highest BCUT2D eigenvalue weighted by atomic mass is 16.7. The van der Waals surface area contributed by atoms with Gasteiger partial charge in [0.15, 0.2) is 0 Å². The van der Waals surface area contributed by atoms with Gasteiger partial charge >= 0.3 is 0 Å². The van der Waals surface area contributed by atoms with Crippen LogP contribution in [0.4, 0.5) is 0 Å². The van der Waals surface area contributed by atoms with E-state index >= 15 is 0 Å². The Bertz CT molecular complexity index is 130. The van der Waals surface area contributed by atoms with Crippen molar-refractivity contribution in [2.24, 2.45) is 0 Å². The molecular weight excluding hydrogens is 106 g/mol. The van der Waals surface area contributed by atoms with Crippen LogP contribution in [0, 0.1) is 0 Å². The van der Waals surface area contributed by atoms with E-state index in [2.05, 4.69) is 0 Å². The zero-order chi connectivity index (χ0) is 5.98. The lowest BCUT2D eigenvalue weighted by Gasteiger charge is -2.16. The van der Waals surface area contributed by atoms with Crippen molar-refractivity contribution in [3.8, 4) is 0 Å². The largest absolute Gasteiger partial charge is 0.385 e. The molecule has 3 nitrogen and oxygen atoms in total. The maximum absolute atomic E-state index is 10.5. The van der Waals surface area contributed by atoms with E-state index in [0.717, 1.165) is 0 Å². The number of carbonyl (C=O) groups is 1. The first-order chi connectivity index (χ1) is 3.80. The molecule has 3 heteroatoms. The molecule has 1 heterocycles. The third kappa shape index (κ3) is 0.804. The molecule has 0 aliphatic carbocycles. The number of hydrogen-bond donors (Lipinski definition) is 0. The third-order valence-electron chi connectivity index (χ3n) is 0.959. The smallest absolute Gasteiger partial charge is 0.258 e. The summed E-state index contributed by atoms with van der Waals surface area (Å²) in [6, 6.07) is 0. The molecule has 1 amide bonds. The first-order valence-corrected chi connectivity index (χ1v) is 2.39. The van der Waals surface area contributed by atoms with Gasteiger partial charge < -0.3 is 4.84 Å². The van der Waals surface area contributed by atoms with Gasteiger partial charge in [0.1, 0.15) is 6.26 Å². The van der Waals surface area contributed by atoms with Crippen LogP contribution in [-0.4, -0.2) is 18.0 Å². The summed E-state index contributed by atoms with van der Waals surface area (Å²) in [4.78, 5) is 15.2. The van der Waals surface area contributed by atoms with Gasteiger partial charge in [0.2, 0.25) is 0 Å². The quantitative estimate of drug-likeness (QED) is 0.452. The minimum atomic E-state index is -0.00694. The summed E-state index contributed by atoms with van der Waals surface area (Å²) in [6.07, 6.45) is 3.64. The monoisotopic (exact) mass is 113 g/mol. The van der Waals surface area contributed by atoms with Crippen LogP contribution < -0.4 is 0 Å². The molecule has 0 N–H and O–H groups in total. The van der Waals surface area contributed by atoms with Gasteiger partial charge in [-0.2, -0.15) is 5.06 Å². The maximum atomic E-state index is 10.5. The van der Waals surface area contributed by atoms with Gasteiger partial charge in [-0.15, -0.1) is 0 Å². The molecule has 0 saturated heterocycles. The van der Waals surface area contributed by atoms with Crippen LogP contribution >= 0.6 is 0 Å². The molecule has 0 bridgehead atoms. The standard InChI is InChI=1S/C5H7NO2/c1-6-5(7)3-2-4-8-6/h2,4H,3H2,1H3. The van der Waals surface area contributed by atoms with Crippen LogP contribution in [0.15, 0.2) is 12.3 Å². The number of nitrogens with zero attached hydrogens (tertiary/aromatic N) is 1. The topological polar surface area (TPSA) is 29.5 Å². The SMILES string of the molecule is CN1OC=CCC1=O. The van der Waals surface area contributed by atoms with Crippen molar-refractivity contribution >= 4 is 5.91 Å². The molecule has 0 spiro atoms. The molecule has 0 aromatic rings. The summed E-state index contributed by atoms with van der Waals surface area (Å²) >= 11 is 0. The summed E-state index contributed by atoms with van der Waals surface area (Å²) in [7, 11) is 1.59. The highest BCUT2D eigenvalue weighted by Crippen LogP contribution is 1.99. The number of rotatable bonds is 0. The summed E-state index contributed by atoms with van der Waals surface area (Å²) in [6.45, 7) is 0. The first-order valence-electron chi connectivity index (χ1n) is 2.39.